The van der Waals surface area contributed by atoms with Crippen LogP contribution in [-0.2, 0) is 0 Å². The Labute approximate surface area is 134 Å². The minimum atomic E-state index is -0.0889. The lowest BCUT2D eigenvalue weighted by Gasteiger charge is -2.38. The standard InChI is InChI=1S/C16H19N5O2/c1-23-14-6-4-12(5-7-14)17-16(22)20-8-13(9-20)21-10-15(18-19-21)11-2-3-11/h4-7,10-11,13H,2-3,8-9H2,1H3,(H,17,22). The Morgan fingerprint density at radius 3 is 2.65 bits per heavy atom. The van der Waals surface area contributed by atoms with Gasteiger partial charge < -0.3 is 15.0 Å². The van der Waals surface area contributed by atoms with Crippen LogP contribution < -0.4 is 10.1 Å². The summed E-state index contributed by atoms with van der Waals surface area (Å²) in [6.07, 6.45) is 4.47. The number of hydrogen-bond donors (Lipinski definition) is 1. The van der Waals surface area contributed by atoms with Crippen molar-refractivity contribution in [2.24, 2.45) is 0 Å². The number of nitrogens with one attached hydrogen (secondary N) is 1. The molecule has 2 aliphatic rings. The maximum Gasteiger partial charge on any atom is 0.321 e. The van der Waals surface area contributed by atoms with Gasteiger partial charge in [-0.05, 0) is 37.1 Å². The lowest BCUT2D eigenvalue weighted by atomic mass is 10.1. The number of carbonyl (C=O) groups is 1. The molecule has 120 valence electrons. The van der Waals surface area contributed by atoms with Crippen LogP contribution in [0.4, 0.5) is 10.5 Å². The first kappa shape index (κ1) is 14.0. The fraction of sp³-hybridized carbons (Fsp3) is 0.438. The van der Waals surface area contributed by atoms with Gasteiger partial charge in [-0.25, -0.2) is 9.48 Å². The molecule has 1 aromatic carbocycles. The van der Waals surface area contributed by atoms with Crippen molar-refractivity contribution >= 4 is 11.7 Å². The van der Waals surface area contributed by atoms with Crippen molar-refractivity contribution in [3.63, 3.8) is 0 Å². The van der Waals surface area contributed by atoms with E-state index in [-0.39, 0.29) is 12.1 Å². The molecular formula is C16H19N5O2. The molecule has 1 aliphatic heterocycles. The summed E-state index contributed by atoms with van der Waals surface area (Å²) < 4.78 is 7.00. The monoisotopic (exact) mass is 313 g/mol. The second-order valence-corrected chi connectivity index (χ2v) is 6.12. The van der Waals surface area contributed by atoms with Gasteiger partial charge in [0.25, 0.3) is 0 Å². The zero-order chi connectivity index (χ0) is 15.8. The molecule has 2 heterocycles. The fourth-order valence-electron chi connectivity index (χ4n) is 2.70. The molecule has 4 rings (SSSR count). The normalized spacial score (nSPS) is 17.7. The highest BCUT2D eigenvalue weighted by Crippen LogP contribution is 2.39. The van der Waals surface area contributed by atoms with E-state index in [2.05, 4.69) is 15.6 Å². The molecular weight excluding hydrogens is 294 g/mol. The molecule has 0 bridgehead atoms. The highest BCUT2D eigenvalue weighted by atomic mass is 16.5. The van der Waals surface area contributed by atoms with Gasteiger partial charge >= 0.3 is 6.03 Å². The number of aromatic nitrogens is 3. The summed E-state index contributed by atoms with van der Waals surface area (Å²) in [7, 11) is 1.62. The molecule has 1 saturated carbocycles. The fourth-order valence-corrected chi connectivity index (χ4v) is 2.70. The third-order valence-corrected chi connectivity index (χ3v) is 4.39. The van der Waals surface area contributed by atoms with Gasteiger partial charge in [0.05, 0.1) is 18.8 Å². The zero-order valence-electron chi connectivity index (χ0n) is 13.0. The largest absolute Gasteiger partial charge is 0.497 e. The average molecular weight is 313 g/mol. The van der Waals surface area contributed by atoms with Gasteiger partial charge in [-0.15, -0.1) is 5.10 Å². The van der Waals surface area contributed by atoms with E-state index >= 15 is 0 Å². The molecule has 23 heavy (non-hydrogen) atoms. The van der Waals surface area contributed by atoms with Crippen LogP contribution in [0.15, 0.2) is 30.5 Å². The smallest absolute Gasteiger partial charge is 0.321 e. The number of urea groups is 1. The van der Waals surface area contributed by atoms with Gasteiger partial charge in [0.15, 0.2) is 0 Å². The van der Waals surface area contributed by atoms with Crippen LogP contribution in [0.2, 0.25) is 0 Å². The summed E-state index contributed by atoms with van der Waals surface area (Å²) in [5, 5.41) is 11.3. The summed E-state index contributed by atoms with van der Waals surface area (Å²) in [6.45, 7) is 1.32. The van der Waals surface area contributed by atoms with Crippen LogP contribution in [0.5, 0.6) is 5.75 Å². The Balaban J connectivity index is 1.30. The average Bonchev–Trinajstić information content (AvgIpc) is 3.26. The van der Waals surface area contributed by atoms with Crippen molar-refractivity contribution in [2.45, 2.75) is 24.8 Å². The van der Waals surface area contributed by atoms with E-state index in [0.29, 0.717) is 19.0 Å². The van der Waals surface area contributed by atoms with Crippen LogP contribution >= 0.6 is 0 Å². The van der Waals surface area contributed by atoms with E-state index in [1.807, 2.05) is 35.1 Å². The number of methoxy groups -OCH3 is 1. The predicted molar refractivity (Wildman–Crippen MR) is 84.6 cm³/mol. The van der Waals surface area contributed by atoms with Crippen molar-refractivity contribution in [2.75, 3.05) is 25.5 Å². The zero-order valence-corrected chi connectivity index (χ0v) is 13.0. The SMILES string of the molecule is COc1ccc(NC(=O)N2CC(n3cc(C4CC4)nn3)C2)cc1. The van der Waals surface area contributed by atoms with E-state index in [0.717, 1.165) is 17.1 Å². The quantitative estimate of drug-likeness (QED) is 0.939. The topological polar surface area (TPSA) is 72.3 Å². The van der Waals surface area contributed by atoms with Crippen LogP contribution in [0.3, 0.4) is 0 Å². The Hall–Kier alpha value is -2.57. The van der Waals surface area contributed by atoms with Gasteiger partial charge in [-0.2, -0.15) is 0 Å². The summed E-state index contributed by atoms with van der Waals surface area (Å²) >= 11 is 0. The molecule has 1 N–H and O–H groups in total. The van der Waals surface area contributed by atoms with Crippen molar-refractivity contribution in [3.05, 3.63) is 36.2 Å². The summed E-state index contributed by atoms with van der Waals surface area (Å²) in [5.41, 5.74) is 1.85. The molecule has 7 nitrogen and oxygen atoms in total. The Morgan fingerprint density at radius 1 is 1.26 bits per heavy atom. The second-order valence-electron chi connectivity index (χ2n) is 6.12. The minimum Gasteiger partial charge on any atom is -0.497 e. The van der Waals surface area contributed by atoms with Gasteiger partial charge in [-0.1, -0.05) is 5.21 Å². The predicted octanol–water partition coefficient (Wildman–Crippen LogP) is 2.25. The first-order chi connectivity index (χ1) is 11.2. The summed E-state index contributed by atoms with van der Waals surface area (Å²) in [6, 6.07) is 7.44. The highest BCUT2D eigenvalue weighted by Gasteiger charge is 2.34. The Kier molecular flexibility index (Phi) is 3.40. The highest BCUT2D eigenvalue weighted by molar-refractivity contribution is 5.89. The van der Waals surface area contributed by atoms with Crippen molar-refractivity contribution < 1.29 is 9.53 Å². The second kappa shape index (κ2) is 5.57. The molecule has 0 spiro atoms. The third-order valence-electron chi connectivity index (χ3n) is 4.39. The van der Waals surface area contributed by atoms with Crippen molar-refractivity contribution in [1.82, 2.24) is 19.9 Å². The number of likely N-dealkylation sites (tertiary alicyclic amines) is 1. The lowest BCUT2D eigenvalue weighted by Crippen LogP contribution is -2.52. The van der Waals surface area contributed by atoms with E-state index in [9.17, 15) is 4.79 Å². The molecule has 2 amide bonds. The van der Waals surface area contributed by atoms with Crippen molar-refractivity contribution in [1.29, 1.82) is 0 Å². The summed E-state index contributed by atoms with van der Waals surface area (Å²) in [4.78, 5) is 14.0. The van der Waals surface area contributed by atoms with Crippen LogP contribution in [-0.4, -0.2) is 46.1 Å². The molecule has 1 aliphatic carbocycles. The number of carbonyl (C=O) groups excluding carboxylic acids is 1. The summed E-state index contributed by atoms with van der Waals surface area (Å²) in [5.74, 6) is 1.38. The Morgan fingerprint density at radius 2 is 2.00 bits per heavy atom. The van der Waals surface area contributed by atoms with Gasteiger partial charge in [0.1, 0.15) is 5.75 Å². The first-order valence-electron chi connectivity index (χ1n) is 7.84. The molecule has 0 unspecified atom stereocenters. The van der Waals surface area contributed by atoms with Crippen molar-refractivity contribution in [3.8, 4) is 5.75 Å². The van der Waals surface area contributed by atoms with Gasteiger partial charge in [0.2, 0.25) is 0 Å². The molecule has 1 aromatic heterocycles. The number of anilines is 1. The van der Waals surface area contributed by atoms with Gasteiger partial charge in [0, 0.05) is 30.9 Å². The molecule has 0 radical (unpaired) electrons. The maximum atomic E-state index is 12.2. The molecule has 7 heteroatoms. The number of nitrogens with zero attached hydrogens (tertiary/aromatic N) is 4. The van der Waals surface area contributed by atoms with E-state index in [1.165, 1.54) is 12.8 Å². The lowest BCUT2D eigenvalue weighted by molar-refractivity contribution is 0.127. The number of amides is 2. The molecule has 2 fully saturated rings. The number of ether oxygens (including phenoxy) is 1. The molecule has 0 atom stereocenters. The molecule has 1 saturated heterocycles. The molecule has 2 aromatic rings. The number of benzene rings is 1. The third kappa shape index (κ3) is 2.86. The number of hydrogen-bond acceptors (Lipinski definition) is 4. The minimum absolute atomic E-state index is 0.0889. The first-order valence-corrected chi connectivity index (χ1v) is 7.84. The van der Waals surface area contributed by atoms with E-state index in [1.54, 1.807) is 12.0 Å². The van der Waals surface area contributed by atoms with Crippen LogP contribution in [0.25, 0.3) is 0 Å². The van der Waals surface area contributed by atoms with E-state index < -0.39 is 0 Å². The van der Waals surface area contributed by atoms with Crippen LogP contribution in [0, 0.1) is 0 Å². The van der Waals surface area contributed by atoms with Gasteiger partial charge in [-0.3, -0.25) is 0 Å². The van der Waals surface area contributed by atoms with Crippen LogP contribution in [0.1, 0.15) is 30.5 Å². The van der Waals surface area contributed by atoms with E-state index in [4.69, 9.17) is 4.74 Å². The number of rotatable bonds is 4. The maximum absolute atomic E-state index is 12.2. The Bertz CT molecular complexity index is 702.